The molecular formula is C66H106O23. The zero-order valence-corrected chi connectivity index (χ0v) is 54.4. The highest BCUT2D eigenvalue weighted by Gasteiger charge is 2.76. The second-order valence-electron chi connectivity index (χ2n) is 29.4. The van der Waals surface area contributed by atoms with Gasteiger partial charge in [0, 0.05) is 16.9 Å². The van der Waals surface area contributed by atoms with Crippen molar-refractivity contribution in [3.05, 3.63) is 34.9 Å². The van der Waals surface area contributed by atoms with Crippen molar-refractivity contribution in [2.75, 3.05) is 26.4 Å². The third-order valence-corrected chi connectivity index (χ3v) is 23.1. The fourth-order valence-corrected chi connectivity index (χ4v) is 17.4. The maximum atomic E-state index is 14.2. The van der Waals surface area contributed by atoms with E-state index >= 15 is 0 Å². The highest BCUT2D eigenvalue weighted by atomic mass is 16.8. The fraction of sp³-hybridized carbons (Fsp3) is 0.864. The minimum absolute atomic E-state index is 0.0493. The topological polar surface area (TPSA) is 357 Å². The maximum Gasteiger partial charge on any atom is 0.338 e. The Morgan fingerprint density at radius 1 is 0.708 bits per heavy atom. The molecule has 7 fully saturated rings. The van der Waals surface area contributed by atoms with Gasteiger partial charge in [0.05, 0.1) is 56.1 Å². The standard InChI is InChI=1S/C66H106O23/c1-14-16-26-81-57(80)51-49(86-58-46(74)44(72)38(30-68)83-58)48(76)50(87-59-47(75)45(73)43(71)37(29-67)82-59)60(88-51)84-41-23-24-63(11)39(62(41,9)10)22-25-64(12)40(63)21-20-35-36-28-61(7,8)54(85-42(70)27-33(5)19-17-18-32(3)4)55(89-56(79)34(6)15-2)66(36,31-69)53(78)52(77)65(35,64)13/h18,20,27,34,36-41,43-55,58-60,67-69,71-78H,14-17,19,21-26,28-31H2,1-13H3/b33-27-/t34?,36-,37+,38+,39?,40+,41-,43+,44+,45-,46-,47+,48-,49-,50+,51-,52-,53+,54-,55-,58+,59-,60+,63-,64+,65-,66-/m0/s1. The minimum Gasteiger partial charge on any atom is -0.464 e. The average molecular weight is 1270 g/mol. The summed E-state index contributed by atoms with van der Waals surface area (Å²) in [6.45, 7) is 23.5. The number of esters is 3. The second kappa shape index (κ2) is 27.7. The molecule has 0 aromatic heterocycles. The number of hydrogen-bond donors (Lipinski definition) is 11. The monoisotopic (exact) mass is 1270 g/mol. The van der Waals surface area contributed by atoms with E-state index in [2.05, 4.69) is 39.8 Å². The first-order chi connectivity index (χ1) is 41.7. The number of allylic oxidation sites excluding steroid dienone is 4. The summed E-state index contributed by atoms with van der Waals surface area (Å²) in [6.07, 6.45) is -19.4. The molecule has 2 unspecified atom stereocenters. The number of fused-ring (bicyclic) bond motifs is 7. The summed E-state index contributed by atoms with van der Waals surface area (Å²) in [4.78, 5) is 42.3. The van der Waals surface area contributed by atoms with E-state index in [0.717, 1.165) is 23.1 Å². The van der Waals surface area contributed by atoms with Crippen LogP contribution >= 0.6 is 0 Å². The van der Waals surface area contributed by atoms with Crippen molar-refractivity contribution in [1.82, 2.24) is 0 Å². The van der Waals surface area contributed by atoms with E-state index in [-0.39, 0.29) is 18.4 Å². The van der Waals surface area contributed by atoms with Gasteiger partial charge in [-0.3, -0.25) is 4.79 Å². The van der Waals surface area contributed by atoms with Gasteiger partial charge in [0.2, 0.25) is 0 Å². The first-order valence-electron chi connectivity index (χ1n) is 32.5. The van der Waals surface area contributed by atoms with Crippen LogP contribution in [0.4, 0.5) is 0 Å². The van der Waals surface area contributed by atoms with Crippen LogP contribution < -0.4 is 0 Å². The van der Waals surface area contributed by atoms with Gasteiger partial charge in [-0.15, -0.1) is 0 Å². The number of aliphatic hydroxyl groups excluding tert-OH is 11. The molecule has 23 nitrogen and oxygen atoms in total. The molecule has 0 radical (unpaired) electrons. The molecule has 11 N–H and O–H groups in total. The Bertz CT molecular complexity index is 2570. The Morgan fingerprint density at radius 3 is 1.92 bits per heavy atom. The Labute approximate surface area is 524 Å². The number of aliphatic hydroxyl groups is 11. The van der Waals surface area contributed by atoms with Gasteiger partial charge in [0.25, 0.3) is 0 Å². The predicted octanol–water partition coefficient (Wildman–Crippen LogP) is 3.33. The maximum absolute atomic E-state index is 14.2. The third kappa shape index (κ3) is 12.8. The molecule has 0 spiro atoms. The summed E-state index contributed by atoms with van der Waals surface area (Å²) in [5.41, 5.74) is -2.87. The van der Waals surface area contributed by atoms with Crippen LogP contribution in [0.15, 0.2) is 34.9 Å². The van der Waals surface area contributed by atoms with E-state index in [1.807, 2.05) is 55.4 Å². The van der Waals surface area contributed by atoms with Gasteiger partial charge < -0.3 is 98.8 Å². The molecule has 4 saturated carbocycles. The van der Waals surface area contributed by atoms with Crippen molar-refractivity contribution in [3.63, 3.8) is 0 Å². The van der Waals surface area contributed by atoms with Crippen LogP contribution in [0.25, 0.3) is 0 Å². The van der Waals surface area contributed by atoms with Crippen molar-refractivity contribution >= 4 is 17.9 Å². The van der Waals surface area contributed by atoms with Crippen LogP contribution in [-0.2, 0) is 57.0 Å². The van der Waals surface area contributed by atoms with E-state index < -0.39 is 199 Å². The highest BCUT2D eigenvalue weighted by Crippen LogP contribution is 2.76. The van der Waals surface area contributed by atoms with E-state index in [1.54, 1.807) is 6.92 Å². The lowest BCUT2D eigenvalue weighted by Gasteiger charge is -2.73. The van der Waals surface area contributed by atoms with Crippen molar-refractivity contribution in [2.24, 2.45) is 56.2 Å². The Kier molecular flexibility index (Phi) is 22.4. The lowest BCUT2D eigenvalue weighted by molar-refractivity contribution is -0.383. The Morgan fingerprint density at radius 2 is 1.33 bits per heavy atom. The van der Waals surface area contributed by atoms with Crippen molar-refractivity contribution < 1.29 is 113 Å². The van der Waals surface area contributed by atoms with E-state index in [1.165, 1.54) is 6.08 Å². The zero-order chi connectivity index (χ0) is 65.8. The number of carbonyl (C=O) groups excluding carboxylic acids is 3. The molecule has 3 heterocycles. The minimum atomic E-state index is -1.99. The van der Waals surface area contributed by atoms with Crippen molar-refractivity contribution in [2.45, 2.75) is 277 Å². The van der Waals surface area contributed by atoms with Crippen molar-refractivity contribution in [1.29, 1.82) is 0 Å². The molecule has 0 bridgehead atoms. The third-order valence-electron chi connectivity index (χ3n) is 23.1. The molecule has 8 aliphatic rings. The van der Waals surface area contributed by atoms with Gasteiger partial charge in [-0.05, 0) is 119 Å². The molecule has 0 amide bonds. The van der Waals surface area contributed by atoms with Gasteiger partial charge in [-0.25, -0.2) is 9.59 Å². The van der Waals surface area contributed by atoms with Gasteiger partial charge in [0.15, 0.2) is 31.1 Å². The SMILES string of the molecule is CCCCOC(=O)[C@H]1O[C@@H](O[C@H]2CC[C@@]3(C)C(CC[C@]4(C)[C@@H]3CC=C3[C@@H]5CC(C)(C)[C@@H](OC(=O)/C=C(/C)CCC=C(C)C)[C@H](OC(=O)C(C)CC)[C@]5(CO)[C@H](O)[C@H](O)[C@]34C)C2(C)C)[C@H](O[C@@H]2O[C@H](CO)[C@@H](O)[C@H](O)[C@H]2O)[C@@H](O)[C@@H]1O[C@H]1O[C@H](CO)[C@@H](O)[C@@H]1O. The number of rotatable bonds is 21. The van der Waals surface area contributed by atoms with E-state index in [4.69, 9.17) is 42.6 Å². The van der Waals surface area contributed by atoms with E-state index in [9.17, 15) is 70.6 Å². The van der Waals surface area contributed by atoms with Crippen LogP contribution in [0.3, 0.4) is 0 Å². The van der Waals surface area contributed by atoms with Crippen molar-refractivity contribution in [3.8, 4) is 0 Å². The summed E-state index contributed by atoms with van der Waals surface area (Å²) in [7, 11) is 0. The number of hydrogen-bond acceptors (Lipinski definition) is 23. The summed E-state index contributed by atoms with van der Waals surface area (Å²) in [6, 6.07) is 0. The number of ether oxygens (including phenoxy) is 9. The quantitative estimate of drug-likeness (QED) is 0.0196. The fourth-order valence-electron chi connectivity index (χ4n) is 17.4. The summed E-state index contributed by atoms with van der Waals surface area (Å²) in [5, 5.41) is 125. The van der Waals surface area contributed by atoms with Crippen LogP contribution in [-0.4, -0.2) is 217 Å². The van der Waals surface area contributed by atoms with Crippen LogP contribution in [0, 0.1) is 56.2 Å². The lowest BCUT2D eigenvalue weighted by Crippen LogP contribution is -2.76. The molecule has 3 aliphatic heterocycles. The molecule has 5 aliphatic carbocycles. The summed E-state index contributed by atoms with van der Waals surface area (Å²) >= 11 is 0. The molecule has 8 rings (SSSR count). The molecule has 508 valence electrons. The van der Waals surface area contributed by atoms with Gasteiger partial charge in [-0.2, -0.15) is 0 Å². The van der Waals surface area contributed by atoms with Gasteiger partial charge in [0.1, 0.15) is 67.1 Å². The number of unbranched alkanes of at least 4 members (excludes halogenated alkanes) is 1. The van der Waals surface area contributed by atoms with Gasteiger partial charge in [-0.1, -0.05) is 105 Å². The van der Waals surface area contributed by atoms with Crippen LogP contribution in [0.2, 0.25) is 0 Å². The molecular weight excluding hydrogens is 1160 g/mol. The predicted molar refractivity (Wildman–Crippen MR) is 318 cm³/mol. The van der Waals surface area contributed by atoms with Crippen LogP contribution in [0.5, 0.6) is 0 Å². The Hall–Kier alpha value is -3.05. The summed E-state index contributed by atoms with van der Waals surface area (Å²) < 4.78 is 55.8. The first-order valence-corrected chi connectivity index (χ1v) is 32.5. The second-order valence-corrected chi connectivity index (χ2v) is 29.4. The largest absolute Gasteiger partial charge is 0.464 e. The van der Waals surface area contributed by atoms with Crippen LogP contribution in [0.1, 0.15) is 161 Å². The smallest absolute Gasteiger partial charge is 0.338 e. The number of carbonyl (C=O) groups is 3. The average Bonchev–Trinajstić information content (AvgIpc) is 0.907. The normalized spacial score (nSPS) is 45.3. The van der Waals surface area contributed by atoms with Gasteiger partial charge >= 0.3 is 17.9 Å². The molecule has 89 heavy (non-hydrogen) atoms. The highest BCUT2D eigenvalue weighted by molar-refractivity contribution is 5.83. The molecule has 27 atom stereocenters. The molecule has 3 saturated heterocycles. The Balaban J connectivity index is 1.13. The first kappa shape index (κ1) is 71.8. The molecule has 0 aromatic carbocycles. The summed E-state index contributed by atoms with van der Waals surface area (Å²) in [5.74, 6) is -3.69. The lowest BCUT2D eigenvalue weighted by atomic mass is 9.32. The van der Waals surface area contributed by atoms with E-state index in [0.29, 0.717) is 64.2 Å². The zero-order valence-electron chi connectivity index (χ0n) is 54.4. The molecule has 23 heteroatoms. The molecule has 0 aromatic rings.